The van der Waals surface area contributed by atoms with E-state index in [2.05, 4.69) is 33.2 Å². The first-order valence-electron chi connectivity index (χ1n) is 5.86. The Bertz CT molecular complexity index is 471. The molecule has 0 aliphatic rings. The molecule has 5 heteroatoms. The van der Waals surface area contributed by atoms with Crippen LogP contribution in [0, 0.1) is 0 Å². The quantitative estimate of drug-likeness (QED) is 0.751. The fourth-order valence-corrected chi connectivity index (χ4v) is 2.73. The molecule has 0 amide bonds. The standard InChI is InChI=1S/C12H16ClN3S/c1-2-3-6-16(7-5-13)11-10-4-8-17-12(10)15-9-14-11/h4,8-9H,2-3,5-7H2,1H3. The van der Waals surface area contributed by atoms with E-state index in [1.54, 1.807) is 17.7 Å². The van der Waals surface area contributed by atoms with Gasteiger partial charge in [-0.25, -0.2) is 9.97 Å². The fraction of sp³-hybridized carbons (Fsp3) is 0.500. The average molecular weight is 270 g/mol. The van der Waals surface area contributed by atoms with Crippen LogP contribution < -0.4 is 4.90 Å². The summed E-state index contributed by atoms with van der Waals surface area (Å²) in [6, 6.07) is 2.09. The summed E-state index contributed by atoms with van der Waals surface area (Å²) in [5.74, 6) is 1.64. The summed E-state index contributed by atoms with van der Waals surface area (Å²) in [5.41, 5.74) is 0. The lowest BCUT2D eigenvalue weighted by molar-refractivity contribution is 0.727. The largest absolute Gasteiger partial charge is 0.355 e. The Morgan fingerprint density at radius 3 is 3.00 bits per heavy atom. The molecular weight excluding hydrogens is 254 g/mol. The van der Waals surface area contributed by atoms with Gasteiger partial charge in [-0.2, -0.15) is 0 Å². The lowest BCUT2D eigenvalue weighted by atomic mass is 10.3. The van der Waals surface area contributed by atoms with Gasteiger partial charge in [0.1, 0.15) is 17.0 Å². The summed E-state index contributed by atoms with van der Waals surface area (Å²) in [6.45, 7) is 4.04. The van der Waals surface area contributed by atoms with Crippen molar-refractivity contribution < 1.29 is 0 Å². The van der Waals surface area contributed by atoms with Crippen LogP contribution in [0.15, 0.2) is 17.8 Å². The molecule has 0 atom stereocenters. The van der Waals surface area contributed by atoms with E-state index in [-0.39, 0.29) is 0 Å². The third-order valence-electron chi connectivity index (χ3n) is 2.68. The summed E-state index contributed by atoms with van der Waals surface area (Å²) < 4.78 is 0. The maximum absolute atomic E-state index is 5.87. The molecule has 0 saturated carbocycles. The second-order valence-electron chi connectivity index (χ2n) is 3.87. The lowest BCUT2D eigenvalue weighted by Crippen LogP contribution is -2.27. The van der Waals surface area contributed by atoms with Gasteiger partial charge in [0.2, 0.25) is 0 Å². The topological polar surface area (TPSA) is 29.0 Å². The number of alkyl halides is 1. The third-order valence-corrected chi connectivity index (χ3v) is 3.67. The molecule has 0 radical (unpaired) electrons. The Kier molecular flexibility index (Phi) is 4.57. The highest BCUT2D eigenvalue weighted by atomic mass is 35.5. The van der Waals surface area contributed by atoms with Crippen molar-refractivity contribution in [3.05, 3.63) is 17.8 Å². The molecule has 2 rings (SSSR count). The third kappa shape index (κ3) is 2.87. The highest BCUT2D eigenvalue weighted by molar-refractivity contribution is 7.16. The van der Waals surface area contributed by atoms with Crippen molar-refractivity contribution in [3.63, 3.8) is 0 Å². The predicted molar refractivity (Wildman–Crippen MR) is 75.3 cm³/mol. The van der Waals surface area contributed by atoms with Crippen LogP contribution in [0.3, 0.4) is 0 Å². The first-order chi connectivity index (χ1) is 8.36. The van der Waals surface area contributed by atoms with Gasteiger partial charge in [-0.3, -0.25) is 0 Å². The predicted octanol–water partition coefficient (Wildman–Crippen LogP) is 3.54. The fourth-order valence-electron chi connectivity index (χ4n) is 1.80. The zero-order valence-corrected chi connectivity index (χ0v) is 11.5. The lowest BCUT2D eigenvalue weighted by Gasteiger charge is -2.22. The molecule has 0 spiro atoms. The molecule has 92 valence electrons. The normalized spacial score (nSPS) is 10.9. The number of fused-ring (bicyclic) bond motifs is 1. The molecule has 2 aromatic heterocycles. The smallest absolute Gasteiger partial charge is 0.140 e. The van der Waals surface area contributed by atoms with E-state index < -0.39 is 0 Å². The number of rotatable bonds is 6. The molecule has 0 aromatic carbocycles. The number of nitrogens with zero attached hydrogens (tertiary/aromatic N) is 3. The summed E-state index contributed by atoms with van der Waals surface area (Å²) in [5, 5.41) is 3.19. The van der Waals surface area contributed by atoms with Crippen LogP contribution in [0.5, 0.6) is 0 Å². The Morgan fingerprint density at radius 2 is 2.24 bits per heavy atom. The highest BCUT2D eigenvalue weighted by Crippen LogP contribution is 2.26. The van der Waals surface area contributed by atoms with Crippen LogP contribution in [0.25, 0.3) is 10.2 Å². The first-order valence-corrected chi connectivity index (χ1v) is 7.27. The van der Waals surface area contributed by atoms with Crippen LogP contribution in [0.4, 0.5) is 5.82 Å². The van der Waals surface area contributed by atoms with Gasteiger partial charge in [0.15, 0.2) is 0 Å². The summed E-state index contributed by atoms with van der Waals surface area (Å²) >= 11 is 7.52. The second-order valence-corrected chi connectivity index (χ2v) is 5.14. The Balaban J connectivity index is 2.30. The van der Waals surface area contributed by atoms with E-state index in [4.69, 9.17) is 11.6 Å². The van der Waals surface area contributed by atoms with Crippen LogP contribution >= 0.6 is 22.9 Å². The molecule has 0 aliphatic carbocycles. The molecule has 0 saturated heterocycles. The van der Waals surface area contributed by atoms with Gasteiger partial charge in [-0.15, -0.1) is 22.9 Å². The van der Waals surface area contributed by atoms with Gasteiger partial charge in [-0.05, 0) is 17.9 Å². The van der Waals surface area contributed by atoms with Crippen LogP contribution in [0.1, 0.15) is 19.8 Å². The number of anilines is 1. The van der Waals surface area contributed by atoms with Gasteiger partial charge in [0, 0.05) is 19.0 Å². The second kappa shape index (κ2) is 6.17. The van der Waals surface area contributed by atoms with Gasteiger partial charge < -0.3 is 4.90 Å². The number of hydrogen-bond donors (Lipinski definition) is 0. The number of unbranched alkanes of at least 4 members (excludes halogenated alkanes) is 1. The molecule has 2 aromatic rings. The zero-order chi connectivity index (χ0) is 12.1. The Labute approximate surface area is 110 Å². The Morgan fingerprint density at radius 1 is 1.35 bits per heavy atom. The maximum atomic E-state index is 5.87. The summed E-state index contributed by atoms with van der Waals surface area (Å²) in [6.07, 6.45) is 3.98. The number of aromatic nitrogens is 2. The highest BCUT2D eigenvalue weighted by Gasteiger charge is 2.11. The van der Waals surface area contributed by atoms with E-state index in [0.717, 1.165) is 35.5 Å². The van der Waals surface area contributed by atoms with Gasteiger partial charge in [0.05, 0.1) is 5.39 Å². The molecule has 2 heterocycles. The van der Waals surface area contributed by atoms with Crippen molar-refractivity contribution in [1.82, 2.24) is 9.97 Å². The molecule has 0 fully saturated rings. The summed E-state index contributed by atoms with van der Waals surface area (Å²) in [4.78, 5) is 12.0. The first kappa shape index (κ1) is 12.6. The summed E-state index contributed by atoms with van der Waals surface area (Å²) in [7, 11) is 0. The molecule has 0 unspecified atom stereocenters. The molecule has 0 N–H and O–H groups in total. The van der Waals surface area contributed by atoms with E-state index in [9.17, 15) is 0 Å². The molecule has 0 bridgehead atoms. The molecule has 17 heavy (non-hydrogen) atoms. The monoisotopic (exact) mass is 269 g/mol. The number of halogens is 1. The van der Waals surface area contributed by atoms with Gasteiger partial charge in [-0.1, -0.05) is 13.3 Å². The SMILES string of the molecule is CCCCN(CCCl)c1ncnc2sccc12. The van der Waals surface area contributed by atoms with Crippen LogP contribution in [-0.2, 0) is 0 Å². The number of hydrogen-bond acceptors (Lipinski definition) is 4. The van der Waals surface area contributed by atoms with E-state index in [1.807, 2.05) is 0 Å². The van der Waals surface area contributed by atoms with Crippen molar-refractivity contribution >= 4 is 39.0 Å². The Hall–Kier alpha value is -0.870. The average Bonchev–Trinajstić information content (AvgIpc) is 2.82. The van der Waals surface area contributed by atoms with Crippen molar-refractivity contribution in [2.24, 2.45) is 0 Å². The number of thiophene rings is 1. The van der Waals surface area contributed by atoms with E-state index >= 15 is 0 Å². The minimum absolute atomic E-state index is 0.624. The van der Waals surface area contributed by atoms with Crippen LogP contribution in [0.2, 0.25) is 0 Å². The van der Waals surface area contributed by atoms with Crippen LogP contribution in [-0.4, -0.2) is 28.9 Å². The van der Waals surface area contributed by atoms with Crippen molar-refractivity contribution in [1.29, 1.82) is 0 Å². The van der Waals surface area contributed by atoms with Crippen molar-refractivity contribution in [2.45, 2.75) is 19.8 Å². The molecule has 0 aliphatic heterocycles. The minimum Gasteiger partial charge on any atom is -0.355 e. The minimum atomic E-state index is 0.624. The molecule has 3 nitrogen and oxygen atoms in total. The zero-order valence-electron chi connectivity index (χ0n) is 9.90. The van der Waals surface area contributed by atoms with E-state index in [0.29, 0.717) is 5.88 Å². The van der Waals surface area contributed by atoms with Crippen molar-refractivity contribution in [3.8, 4) is 0 Å². The van der Waals surface area contributed by atoms with E-state index in [1.165, 1.54) is 6.42 Å². The molecular formula is C12H16ClN3S. The van der Waals surface area contributed by atoms with Gasteiger partial charge in [0.25, 0.3) is 0 Å². The van der Waals surface area contributed by atoms with Crippen molar-refractivity contribution in [2.75, 3.05) is 23.9 Å². The maximum Gasteiger partial charge on any atom is 0.140 e. The van der Waals surface area contributed by atoms with Gasteiger partial charge >= 0.3 is 0 Å².